The lowest BCUT2D eigenvalue weighted by Crippen LogP contribution is -2.44. The van der Waals surface area contributed by atoms with Crippen molar-refractivity contribution in [2.24, 2.45) is 10.9 Å². The van der Waals surface area contributed by atoms with Crippen LogP contribution in [-0.4, -0.2) is 32.2 Å². The van der Waals surface area contributed by atoms with Gasteiger partial charge in [0.25, 0.3) is 0 Å². The summed E-state index contributed by atoms with van der Waals surface area (Å²) in [6.07, 6.45) is 6.51. The Bertz CT molecular complexity index is 488. The smallest absolute Gasteiger partial charge is 0.191 e. The van der Waals surface area contributed by atoms with Crippen molar-refractivity contribution in [1.82, 2.24) is 10.6 Å². The Balaban J connectivity index is 0.00000192. The van der Waals surface area contributed by atoms with Gasteiger partial charge < -0.3 is 15.4 Å². The van der Waals surface area contributed by atoms with Gasteiger partial charge in [-0.05, 0) is 24.8 Å². The molecule has 1 aromatic rings. The van der Waals surface area contributed by atoms with E-state index in [4.69, 9.17) is 4.74 Å². The number of nitrogens with one attached hydrogen (secondary N) is 2. The number of hydrogen-bond acceptors (Lipinski definition) is 2. The topological polar surface area (TPSA) is 45.7 Å². The molecule has 0 spiro atoms. The lowest BCUT2D eigenvalue weighted by molar-refractivity contribution is 0.0915. The second kappa shape index (κ2) is 9.47. The summed E-state index contributed by atoms with van der Waals surface area (Å²) in [5.74, 6) is 1.44. The minimum atomic E-state index is 0. The van der Waals surface area contributed by atoms with E-state index in [1.807, 2.05) is 7.05 Å². The molecule has 0 amide bonds. The summed E-state index contributed by atoms with van der Waals surface area (Å²) in [5, 5.41) is 7.04. The molecule has 128 valence electrons. The summed E-state index contributed by atoms with van der Waals surface area (Å²) in [7, 11) is 1.85. The second-order valence-electron chi connectivity index (χ2n) is 6.33. The Morgan fingerprint density at radius 2 is 1.91 bits per heavy atom. The zero-order valence-electron chi connectivity index (χ0n) is 13.8. The fourth-order valence-corrected chi connectivity index (χ4v) is 3.54. The monoisotopic (exact) mass is 429 g/mol. The predicted molar refractivity (Wildman–Crippen MR) is 105 cm³/mol. The molecule has 1 heterocycles. The molecule has 0 bridgehead atoms. The van der Waals surface area contributed by atoms with Crippen LogP contribution in [-0.2, 0) is 4.74 Å². The van der Waals surface area contributed by atoms with Gasteiger partial charge in [-0.2, -0.15) is 0 Å². The first kappa shape index (κ1) is 18.5. The predicted octanol–water partition coefficient (Wildman–Crippen LogP) is 3.49. The first-order chi connectivity index (χ1) is 10.9. The van der Waals surface area contributed by atoms with Crippen LogP contribution in [0.25, 0.3) is 0 Å². The molecule has 1 aliphatic carbocycles. The van der Waals surface area contributed by atoms with Gasteiger partial charge in [0.15, 0.2) is 5.96 Å². The quantitative estimate of drug-likeness (QED) is 0.438. The number of halogens is 1. The number of nitrogens with zero attached hydrogens (tertiary/aromatic N) is 1. The van der Waals surface area contributed by atoms with Crippen LogP contribution in [0.5, 0.6) is 0 Å². The van der Waals surface area contributed by atoms with Crippen molar-refractivity contribution >= 4 is 29.9 Å². The minimum Gasteiger partial charge on any atom is -0.373 e. The summed E-state index contributed by atoms with van der Waals surface area (Å²) in [6.45, 7) is 1.76. The third kappa shape index (κ3) is 5.08. The van der Waals surface area contributed by atoms with Crippen LogP contribution < -0.4 is 10.6 Å². The van der Waals surface area contributed by atoms with Gasteiger partial charge in [-0.3, -0.25) is 4.99 Å². The van der Waals surface area contributed by atoms with Gasteiger partial charge in [0, 0.05) is 32.2 Å². The molecule has 1 saturated carbocycles. The Morgan fingerprint density at radius 3 is 2.61 bits per heavy atom. The fraction of sp³-hybridized carbons (Fsp3) is 0.611. The number of guanidine groups is 1. The molecule has 4 nitrogen and oxygen atoms in total. The van der Waals surface area contributed by atoms with E-state index in [9.17, 15) is 0 Å². The summed E-state index contributed by atoms with van der Waals surface area (Å²) in [6, 6.07) is 11.1. The third-order valence-electron chi connectivity index (χ3n) is 4.79. The molecule has 2 atom stereocenters. The highest BCUT2D eigenvalue weighted by molar-refractivity contribution is 14.0. The van der Waals surface area contributed by atoms with Crippen LogP contribution in [0.1, 0.15) is 43.8 Å². The van der Waals surface area contributed by atoms with E-state index in [2.05, 4.69) is 46.0 Å². The van der Waals surface area contributed by atoms with Crippen LogP contribution in [0, 0.1) is 5.92 Å². The van der Waals surface area contributed by atoms with Crippen molar-refractivity contribution in [3.63, 3.8) is 0 Å². The van der Waals surface area contributed by atoms with Crippen LogP contribution in [0.2, 0.25) is 0 Å². The largest absolute Gasteiger partial charge is 0.373 e. The van der Waals surface area contributed by atoms with Crippen LogP contribution >= 0.6 is 24.0 Å². The molecule has 1 aromatic carbocycles. The van der Waals surface area contributed by atoms with Crippen molar-refractivity contribution in [3.05, 3.63) is 35.9 Å². The highest BCUT2D eigenvalue weighted by atomic mass is 127. The van der Waals surface area contributed by atoms with E-state index >= 15 is 0 Å². The molecular formula is C18H28IN3O. The van der Waals surface area contributed by atoms with Crippen LogP contribution in [0.15, 0.2) is 35.3 Å². The Hall–Kier alpha value is -0.820. The van der Waals surface area contributed by atoms with Crippen LogP contribution in [0.3, 0.4) is 0 Å². The van der Waals surface area contributed by atoms with E-state index in [0.717, 1.165) is 25.5 Å². The number of hydrogen-bond donors (Lipinski definition) is 2. The number of rotatable bonds is 4. The van der Waals surface area contributed by atoms with E-state index in [1.54, 1.807) is 0 Å². The maximum atomic E-state index is 5.95. The van der Waals surface area contributed by atoms with Gasteiger partial charge in [0.05, 0.1) is 6.10 Å². The van der Waals surface area contributed by atoms with E-state index in [1.165, 1.54) is 31.2 Å². The van der Waals surface area contributed by atoms with Gasteiger partial charge in [-0.25, -0.2) is 0 Å². The highest BCUT2D eigenvalue weighted by Gasteiger charge is 2.29. The average Bonchev–Trinajstić information content (AvgIpc) is 3.23. The summed E-state index contributed by atoms with van der Waals surface area (Å²) >= 11 is 0. The standard InChI is InChI=1S/C18H27N3O.HI/c1-19-18(21-16-9-5-6-10-16)20-13-15-11-12-22-17(15)14-7-3-2-4-8-14;/h2-4,7-8,15-17H,5-6,9-13H2,1H3,(H2,19,20,21);1H. The van der Waals surface area contributed by atoms with Crippen molar-refractivity contribution in [3.8, 4) is 0 Å². The molecule has 2 fully saturated rings. The highest BCUT2D eigenvalue weighted by Crippen LogP contribution is 2.33. The second-order valence-corrected chi connectivity index (χ2v) is 6.33. The lowest BCUT2D eigenvalue weighted by atomic mass is 9.95. The van der Waals surface area contributed by atoms with Gasteiger partial charge >= 0.3 is 0 Å². The average molecular weight is 429 g/mol. The maximum absolute atomic E-state index is 5.95. The molecule has 0 radical (unpaired) electrons. The van der Waals surface area contributed by atoms with E-state index in [-0.39, 0.29) is 30.1 Å². The van der Waals surface area contributed by atoms with Crippen molar-refractivity contribution in [2.45, 2.75) is 44.2 Å². The first-order valence-corrected chi connectivity index (χ1v) is 8.50. The van der Waals surface area contributed by atoms with Gasteiger partial charge in [0.2, 0.25) is 0 Å². The Morgan fingerprint density at radius 1 is 1.17 bits per heavy atom. The molecule has 1 saturated heterocycles. The fourth-order valence-electron chi connectivity index (χ4n) is 3.54. The molecular weight excluding hydrogens is 401 g/mol. The molecule has 1 aliphatic heterocycles. The van der Waals surface area contributed by atoms with Gasteiger partial charge in [-0.15, -0.1) is 24.0 Å². The molecule has 3 rings (SSSR count). The number of benzene rings is 1. The number of aliphatic imine (C=N–C) groups is 1. The lowest BCUT2D eigenvalue weighted by Gasteiger charge is -2.22. The van der Waals surface area contributed by atoms with Gasteiger partial charge in [0.1, 0.15) is 0 Å². The Labute approximate surface area is 156 Å². The van der Waals surface area contributed by atoms with Crippen molar-refractivity contribution in [2.75, 3.05) is 20.2 Å². The molecule has 0 aromatic heterocycles. The third-order valence-corrected chi connectivity index (χ3v) is 4.79. The maximum Gasteiger partial charge on any atom is 0.191 e. The normalized spacial score (nSPS) is 25.2. The summed E-state index contributed by atoms with van der Waals surface area (Å²) < 4.78 is 5.95. The molecule has 2 unspecified atom stereocenters. The van der Waals surface area contributed by atoms with Crippen molar-refractivity contribution < 1.29 is 4.74 Å². The van der Waals surface area contributed by atoms with Crippen LogP contribution in [0.4, 0.5) is 0 Å². The van der Waals surface area contributed by atoms with E-state index in [0.29, 0.717) is 12.0 Å². The zero-order valence-corrected chi connectivity index (χ0v) is 16.2. The molecule has 5 heteroatoms. The Kier molecular flexibility index (Phi) is 7.62. The SMILES string of the molecule is CN=C(NCC1CCOC1c1ccccc1)NC1CCCC1.I. The zero-order chi connectivity index (χ0) is 15.2. The first-order valence-electron chi connectivity index (χ1n) is 8.50. The summed E-state index contributed by atoms with van der Waals surface area (Å²) in [4.78, 5) is 4.36. The molecule has 2 aliphatic rings. The minimum absolute atomic E-state index is 0. The summed E-state index contributed by atoms with van der Waals surface area (Å²) in [5.41, 5.74) is 1.28. The molecule has 23 heavy (non-hydrogen) atoms. The van der Waals surface area contributed by atoms with Crippen molar-refractivity contribution in [1.29, 1.82) is 0 Å². The molecule has 2 N–H and O–H groups in total. The van der Waals surface area contributed by atoms with Gasteiger partial charge in [-0.1, -0.05) is 43.2 Å². The number of ether oxygens (including phenoxy) is 1. The van der Waals surface area contributed by atoms with E-state index < -0.39 is 0 Å².